The zero-order chi connectivity index (χ0) is 13.9. The van der Waals surface area contributed by atoms with E-state index < -0.39 is 23.3 Å². The number of hydrogen-bond donors (Lipinski definition) is 1. The molecule has 1 rings (SSSR count). The molecule has 0 aliphatic heterocycles. The fourth-order valence-electron chi connectivity index (χ4n) is 1.55. The molecular formula is C11H12N2O5. The summed E-state index contributed by atoms with van der Waals surface area (Å²) in [5.74, 6) is -1.86. The molecule has 7 nitrogen and oxygen atoms in total. The Balaban J connectivity index is 3.19. The molecule has 0 atom stereocenters. The lowest BCUT2D eigenvalue weighted by Gasteiger charge is -2.15. The van der Waals surface area contributed by atoms with E-state index in [0.29, 0.717) is 5.56 Å². The molecule has 1 aromatic rings. The molecule has 96 valence electrons. The van der Waals surface area contributed by atoms with E-state index in [4.69, 9.17) is 5.11 Å². The minimum Gasteiger partial charge on any atom is -0.480 e. The number of aliphatic carboxylic acids is 1. The van der Waals surface area contributed by atoms with Gasteiger partial charge in [-0.05, 0) is 12.5 Å². The summed E-state index contributed by atoms with van der Waals surface area (Å²) in [5.41, 5.74) is 0.0370. The van der Waals surface area contributed by atoms with Crippen molar-refractivity contribution in [1.82, 2.24) is 4.90 Å². The monoisotopic (exact) mass is 252 g/mol. The van der Waals surface area contributed by atoms with Crippen LogP contribution in [0.25, 0.3) is 0 Å². The molecule has 18 heavy (non-hydrogen) atoms. The van der Waals surface area contributed by atoms with Gasteiger partial charge in [0.15, 0.2) is 0 Å². The molecule has 1 N–H and O–H groups in total. The third kappa shape index (κ3) is 2.82. The third-order valence-electron chi connectivity index (χ3n) is 2.38. The predicted octanol–water partition coefficient (Wildman–Crippen LogP) is 1.06. The highest BCUT2D eigenvalue weighted by Crippen LogP contribution is 2.23. The number of carboxylic acids is 1. The van der Waals surface area contributed by atoms with Gasteiger partial charge < -0.3 is 10.0 Å². The van der Waals surface area contributed by atoms with Crippen molar-refractivity contribution in [3.8, 4) is 0 Å². The molecule has 1 aromatic carbocycles. The third-order valence-corrected chi connectivity index (χ3v) is 2.38. The number of carboxylic acid groups (broad SMARTS) is 1. The number of hydrogen-bond acceptors (Lipinski definition) is 4. The molecule has 0 aromatic heterocycles. The highest BCUT2D eigenvalue weighted by atomic mass is 16.6. The highest BCUT2D eigenvalue weighted by molar-refractivity contribution is 6.00. The summed E-state index contributed by atoms with van der Waals surface area (Å²) in [7, 11) is 1.28. The van der Waals surface area contributed by atoms with Gasteiger partial charge in [0.05, 0.1) is 4.92 Å². The lowest BCUT2D eigenvalue weighted by molar-refractivity contribution is -0.385. The summed E-state index contributed by atoms with van der Waals surface area (Å²) in [5, 5.41) is 19.4. The van der Waals surface area contributed by atoms with E-state index in [1.807, 2.05) is 0 Å². The van der Waals surface area contributed by atoms with Crippen molar-refractivity contribution in [3.05, 3.63) is 39.4 Å². The normalized spacial score (nSPS) is 9.89. The van der Waals surface area contributed by atoms with Gasteiger partial charge in [0.25, 0.3) is 11.6 Å². The summed E-state index contributed by atoms with van der Waals surface area (Å²) >= 11 is 0. The van der Waals surface area contributed by atoms with Crippen molar-refractivity contribution in [2.24, 2.45) is 0 Å². The second-order valence-electron chi connectivity index (χ2n) is 3.78. The summed E-state index contributed by atoms with van der Waals surface area (Å²) in [6, 6.07) is 4.26. The average Bonchev–Trinajstić information content (AvgIpc) is 2.26. The maximum Gasteiger partial charge on any atom is 0.323 e. The Morgan fingerprint density at radius 2 is 2.06 bits per heavy atom. The molecule has 0 bridgehead atoms. The first-order chi connectivity index (χ1) is 8.34. The van der Waals surface area contributed by atoms with Gasteiger partial charge in [-0.2, -0.15) is 0 Å². The first kappa shape index (κ1) is 13.6. The second-order valence-corrected chi connectivity index (χ2v) is 3.78. The molecule has 1 amide bonds. The van der Waals surface area contributed by atoms with Gasteiger partial charge in [0, 0.05) is 13.1 Å². The van der Waals surface area contributed by atoms with Crippen LogP contribution in [0.4, 0.5) is 5.69 Å². The van der Waals surface area contributed by atoms with Crippen molar-refractivity contribution >= 4 is 17.6 Å². The summed E-state index contributed by atoms with van der Waals surface area (Å²) in [6.07, 6.45) is 0. The fourth-order valence-corrected chi connectivity index (χ4v) is 1.55. The van der Waals surface area contributed by atoms with Crippen LogP contribution in [0.3, 0.4) is 0 Å². The number of nitrogens with zero attached hydrogens (tertiary/aromatic N) is 2. The lowest BCUT2D eigenvalue weighted by atomic mass is 10.1. The largest absolute Gasteiger partial charge is 0.480 e. The van der Waals surface area contributed by atoms with Crippen molar-refractivity contribution in [2.75, 3.05) is 13.6 Å². The Morgan fingerprint density at radius 3 is 2.56 bits per heavy atom. The Labute approximate surface area is 103 Å². The van der Waals surface area contributed by atoms with Crippen molar-refractivity contribution in [1.29, 1.82) is 0 Å². The van der Waals surface area contributed by atoms with E-state index in [1.54, 1.807) is 13.0 Å². The van der Waals surface area contributed by atoms with Crippen LogP contribution < -0.4 is 0 Å². The number of rotatable bonds is 4. The zero-order valence-electron chi connectivity index (χ0n) is 9.91. The molecule has 7 heteroatoms. The number of amides is 1. The van der Waals surface area contributed by atoms with Gasteiger partial charge in [-0.15, -0.1) is 0 Å². The number of nitro benzene ring substituents is 1. The fraction of sp³-hybridized carbons (Fsp3) is 0.273. The van der Waals surface area contributed by atoms with Gasteiger partial charge in [-0.25, -0.2) is 0 Å². The van der Waals surface area contributed by atoms with Crippen LogP contribution in [0, 0.1) is 17.0 Å². The van der Waals surface area contributed by atoms with E-state index in [2.05, 4.69) is 0 Å². The standard InChI is InChI=1S/C11H12N2O5/c1-7-4-3-5-8(13(17)18)10(7)11(16)12(2)6-9(14)15/h3-5H,6H2,1-2H3,(H,14,15). The van der Waals surface area contributed by atoms with E-state index >= 15 is 0 Å². The number of likely N-dealkylation sites (N-methyl/N-ethyl adjacent to an activating group) is 1. The minimum atomic E-state index is -1.18. The SMILES string of the molecule is Cc1cccc([N+](=O)[O-])c1C(=O)N(C)CC(=O)O. The molecule has 0 aliphatic rings. The van der Waals surface area contributed by atoms with Crippen molar-refractivity contribution in [2.45, 2.75) is 6.92 Å². The topological polar surface area (TPSA) is 101 Å². The van der Waals surface area contributed by atoms with Crippen LogP contribution in [-0.2, 0) is 4.79 Å². The van der Waals surface area contributed by atoms with Crippen LogP contribution in [0.5, 0.6) is 0 Å². The first-order valence-corrected chi connectivity index (χ1v) is 5.06. The van der Waals surface area contributed by atoms with E-state index in [0.717, 1.165) is 4.90 Å². The summed E-state index contributed by atoms with van der Waals surface area (Å²) in [6.45, 7) is 1.05. The summed E-state index contributed by atoms with van der Waals surface area (Å²) in [4.78, 5) is 33.6. The zero-order valence-corrected chi connectivity index (χ0v) is 9.91. The van der Waals surface area contributed by atoms with Gasteiger partial charge in [0.1, 0.15) is 12.1 Å². The van der Waals surface area contributed by atoms with Gasteiger partial charge in [-0.1, -0.05) is 12.1 Å². The van der Waals surface area contributed by atoms with Gasteiger partial charge in [0.2, 0.25) is 0 Å². The minimum absolute atomic E-state index is 0.0775. The van der Waals surface area contributed by atoms with Crippen LogP contribution in [0.1, 0.15) is 15.9 Å². The molecule has 0 heterocycles. The van der Waals surface area contributed by atoms with E-state index in [-0.39, 0.29) is 11.3 Å². The molecule has 0 aliphatic carbocycles. The number of nitro groups is 1. The van der Waals surface area contributed by atoms with Crippen LogP contribution in [0.2, 0.25) is 0 Å². The molecular weight excluding hydrogens is 240 g/mol. The molecule has 0 unspecified atom stereocenters. The molecule has 0 saturated carbocycles. The number of carbonyl (C=O) groups excluding carboxylic acids is 1. The van der Waals surface area contributed by atoms with Crippen LogP contribution in [0.15, 0.2) is 18.2 Å². The number of carbonyl (C=O) groups is 2. The second kappa shape index (κ2) is 5.26. The number of aryl methyl sites for hydroxylation is 1. The maximum absolute atomic E-state index is 12.0. The smallest absolute Gasteiger partial charge is 0.323 e. The Morgan fingerprint density at radius 1 is 1.44 bits per heavy atom. The summed E-state index contributed by atoms with van der Waals surface area (Å²) < 4.78 is 0. The van der Waals surface area contributed by atoms with E-state index in [1.165, 1.54) is 19.2 Å². The Hall–Kier alpha value is -2.44. The number of benzene rings is 1. The molecule has 0 fully saturated rings. The predicted molar refractivity (Wildman–Crippen MR) is 62.4 cm³/mol. The van der Waals surface area contributed by atoms with Crippen LogP contribution >= 0.6 is 0 Å². The quantitative estimate of drug-likeness (QED) is 0.637. The van der Waals surface area contributed by atoms with Gasteiger partial charge >= 0.3 is 5.97 Å². The van der Waals surface area contributed by atoms with Crippen molar-refractivity contribution in [3.63, 3.8) is 0 Å². The average molecular weight is 252 g/mol. The molecule has 0 radical (unpaired) electrons. The van der Waals surface area contributed by atoms with Crippen LogP contribution in [-0.4, -0.2) is 40.4 Å². The Bertz CT molecular complexity index is 512. The first-order valence-electron chi connectivity index (χ1n) is 5.06. The van der Waals surface area contributed by atoms with Gasteiger partial charge in [-0.3, -0.25) is 19.7 Å². The molecule has 0 saturated heterocycles. The Kier molecular flexibility index (Phi) is 3.98. The van der Waals surface area contributed by atoms with E-state index in [9.17, 15) is 19.7 Å². The highest BCUT2D eigenvalue weighted by Gasteiger charge is 2.25. The lowest BCUT2D eigenvalue weighted by Crippen LogP contribution is -2.32. The molecule has 0 spiro atoms. The van der Waals surface area contributed by atoms with Crippen molar-refractivity contribution < 1.29 is 19.6 Å². The maximum atomic E-state index is 12.0.